The van der Waals surface area contributed by atoms with Gasteiger partial charge in [-0.1, -0.05) is 17.9 Å². The van der Waals surface area contributed by atoms with Crippen molar-refractivity contribution in [3.05, 3.63) is 53.1 Å². The Morgan fingerprint density at radius 3 is 2.11 bits per heavy atom. The van der Waals surface area contributed by atoms with Crippen molar-refractivity contribution in [3.63, 3.8) is 0 Å². The molecular weight excluding hydrogens is 236 g/mol. The van der Waals surface area contributed by atoms with E-state index in [1.807, 2.05) is 37.3 Å². The fraction of sp³-hybridized carbons (Fsp3) is 0.125. The lowest BCUT2D eigenvalue weighted by molar-refractivity contribution is 0.415. The van der Waals surface area contributed by atoms with Crippen LogP contribution in [0.3, 0.4) is 0 Å². The summed E-state index contributed by atoms with van der Waals surface area (Å²) in [6, 6.07) is 11.2. The van der Waals surface area contributed by atoms with Gasteiger partial charge >= 0.3 is 0 Å². The smallest absolute Gasteiger partial charge is 0.120 e. The molecule has 96 valence electrons. The molecule has 0 heterocycles. The third kappa shape index (κ3) is 2.99. The minimum atomic E-state index is 0.625. The topological polar surface area (TPSA) is 61.3 Å². The largest absolute Gasteiger partial charge is 0.497 e. The minimum absolute atomic E-state index is 0.625. The average Bonchev–Trinajstić information content (AvgIpc) is 2.41. The van der Waals surface area contributed by atoms with Crippen molar-refractivity contribution >= 4 is 11.4 Å². The molecule has 2 aromatic rings. The van der Waals surface area contributed by atoms with E-state index in [1.54, 1.807) is 13.2 Å². The van der Waals surface area contributed by atoms with Gasteiger partial charge < -0.3 is 16.2 Å². The zero-order valence-corrected chi connectivity index (χ0v) is 11.0. The molecule has 0 amide bonds. The summed E-state index contributed by atoms with van der Waals surface area (Å²) >= 11 is 0. The lowest BCUT2D eigenvalue weighted by Gasteiger charge is -2.03. The molecule has 4 N–H and O–H groups in total. The van der Waals surface area contributed by atoms with Gasteiger partial charge in [-0.25, -0.2) is 0 Å². The molecule has 0 atom stereocenters. The monoisotopic (exact) mass is 252 g/mol. The van der Waals surface area contributed by atoms with Gasteiger partial charge in [0.05, 0.1) is 12.7 Å². The molecule has 0 aromatic heterocycles. The molecule has 0 aliphatic heterocycles. The standard InChI is InChI=1S/C16H16N2O/c1-11-3-7-15(17)12(9-11)4-5-13-10-14(19-2)6-8-16(13)18/h3,6-10H,17-18H2,1-2H3. The Labute approximate surface area is 113 Å². The summed E-state index contributed by atoms with van der Waals surface area (Å²) in [5.74, 6) is 6.82. The molecule has 0 radical (unpaired) electrons. The molecule has 0 spiro atoms. The summed E-state index contributed by atoms with van der Waals surface area (Å²) in [5.41, 5.74) is 15.7. The fourth-order valence-electron chi connectivity index (χ4n) is 1.68. The normalized spacial score (nSPS) is 9.58. The van der Waals surface area contributed by atoms with E-state index < -0.39 is 0 Å². The fourth-order valence-corrected chi connectivity index (χ4v) is 1.68. The SMILES string of the molecule is COc1ccc(N)c(C#Cc2cc(C)ccc2N)c1. The molecule has 0 unspecified atom stereocenters. The summed E-state index contributed by atoms with van der Waals surface area (Å²) in [5, 5.41) is 0. The number of methoxy groups -OCH3 is 1. The number of ether oxygens (including phenoxy) is 1. The average molecular weight is 252 g/mol. The molecule has 3 nitrogen and oxygen atoms in total. The van der Waals surface area contributed by atoms with E-state index >= 15 is 0 Å². The Hall–Kier alpha value is -2.60. The van der Waals surface area contributed by atoms with Crippen molar-refractivity contribution in [1.82, 2.24) is 0 Å². The predicted octanol–water partition coefficient (Wildman–Crippen LogP) is 2.57. The third-order valence-corrected chi connectivity index (χ3v) is 2.80. The van der Waals surface area contributed by atoms with Crippen molar-refractivity contribution in [3.8, 4) is 17.6 Å². The van der Waals surface area contributed by atoms with Crippen LogP contribution in [0.5, 0.6) is 5.75 Å². The van der Waals surface area contributed by atoms with Crippen molar-refractivity contribution in [2.45, 2.75) is 6.92 Å². The first-order valence-corrected chi connectivity index (χ1v) is 5.92. The number of aryl methyl sites for hydroxylation is 1. The van der Waals surface area contributed by atoms with Gasteiger partial charge in [0.2, 0.25) is 0 Å². The lowest BCUT2D eigenvalue weighted by Crippen LogP contribution is -1.93. The van der Waals surface area contributed by atoms with E-state index in [0.717, 1.165) is 22.4 Å². The molecule has 0 aliphatic carbocycles. The number of anilines is 2. The maximum atomic E-state index is 5.89. The summed E-state index contributed by atoms with van der Waals surface area (Å²) < 4.78 is 5.16. The van der Waals surface area contributed by atoms with Crippen LogP contribution < -0.4 is 16.2 Å². The van der Waals surface area contributed by atoms with Crippen LogP contribution in [-0.4, -0.2) is 7.11 Å². The van der Waals surface area contributed by atoms with Crippen LogP contribution >= 0.6 is 0 Å². The van der Waals surface area contributed by atoms with E-state index in [9.17, 15) is 0 Å². The Kier molecular flexibility index (Phi) is 3.63. The van der Waals surface area contributed by atoms with E-state index in [2.05, 4.69) is 11.8 Å². The molecule has 0 fully saturated rings. The maximum absolute atomic E-state index is 5.89. The highest BCUT2D eigenvalue weighted by atomic mass is 16.5. The van der Waals surface area contributed by atoms with Crippen LogP contribution in [0.15, 0.2) is 36.4 Å². The zero-order chi connectivity index (χ0) is 13.8. The van der Waals surface area contributed by atoms with Gasteiger partial charge in [0, 0.05) is 16.9 Å². The number of benzene rings is 2. The van der Waals surface area contributed by atoms with Crippen molar-refractivity contribution in [2.24, 2.45) is 0 Å². The van der Waals surface area contributed by atoms with Crippen molar-refractivity contribution in [1.29, 1.82) is 0 Å². The Morgan fingerprint density at radius 1 is 0.895 bits per heavy atom. The third-order valence-electron chi connectivity index (χ3n) is 2.80. The number of hydrogen-bond donors (Lipinski definition) is 2. The molecule has 0 saturated heterocycles. The van der Waals surface area contributed by atoms with Gasteiger partial charge in [-0.2, -0.15) is 0 Å². The molecule has 2 rings (SSSR count). The molecular formula is C16H16N2O. The molecule has 0 aliphatic rings. The molecule has 2 aromatic carbocycles. The van der Waals surface area contributed by atoms with E-state index in [4.69, 9.17) is 16.2 Å². The van der Waals surface area contributed by atoms with Crippen molar-refractivity contribution < 1.29 is 4.74 Å². The van der Waals surface area contributed by atoms with E-state index in [-0.39, 0.29) is 0 Å². The van der Waals surface area contributed by atoms with Crippen LogP contribution in [0.25, 0.3) is 0 Å². The maximum Gasteiger partial charge on any atom is 0.120 e. The highest BCUT2D eigenvalue weighted by Crippen LogP contribution is 2.19. The molecule has 0 bridgehead atoms. The van der Waals surface area contributed by atoms with Gasteiger partial charge in [0.1, 0.15) is 5.75 Å². The van der Waals surface area contributed by atoms with Crippen LogP contribution in [-0.2, 0) is 0 Å². The van der Waals surface area contributed by atoms with Crippen LogP contribution in [0.2, 0.25) is 0 Å². The lowest BCUT2D eigenvalue weighted by atomic mass is 10.1. The number of rotatable bonds is 1. The first-order valence-electron chi connectivity index (χ1n) is 5.92. The minimum Gasteiger partial charge on any atom is -0.497 e. The molecule has 3 heteroatoms. The number of hydrogen-bond acceptors (Lipinski definition) is 3. The number of nitrogens with two attached hydrogens (primary N) is 2. The first-order chi connectivity index (χ1) is 9.10. The van der Waals surface area contributed by atoms with Gasteiger partial charge in [0.25, 0.3) is 0 Å². The van der Waals surface area contributed by atoms with Crippen LogP contribution in [0, 0.1) is 18.8 Å². The highest BCUT2D eigenvalue weighted by molar-refractivity contribution is 5.63. The van der Waals surface area contributed by atoms with E-state index in [1.165, 1.54) is 0 Å². The quantitative estimate of drug-likeness (QED) is 0.605. The Balaban J connectivity index is 2.41. The zero-order valence-electron chi connectivity index (χ0n) is 11.0. The molecule has 19 heavy (non-hydrogen) atoms. The summed E-state index contributed by atoms with van der Waals surface area (Å²) in [7, 11) is 1.61. The Morgan fingerprint density at radius 2 is 1.47 bits per heavy atom. The van der Waals surface area contributed by atoms with Gasteiger partial charge in [-0.3, -0.25) is 0 Å². The summed E-state index contributed by atoms with van der Waals surface area (Å²) in [6.45, 7) is 2.00. The Bertz CT molecular complexity index is 666. The first kappa shape index (κ1) is 12.8. The number of nitrogen functional groups attached to an aromatic ring is 2. The van der Waals surface area contributed by atoms with E-state index in [0.29, 0.717) is 11.4 Å². The van der Waals surface area contributed by atoms with Crippen LogP contribution in [0.4, 0.5) is 11.4 Å². The van der Waals surface area contributed by atoms with Gasteiger partial charge in [0.15, 0.2) is 0 Å². The summed E-state index contributed by atoms with van der Waals surface area (Å²) in [6.07, 6.45) is 0. The second-order valence-electron chi connectivity index (χ2n) is 4.29. The molecule has 0 saturated carbocycles. The van der Waals surface area contributed by atoms with Gasteiger partial charge in [-0.15, -0.1) is 0 Å². The van der Waals surface area contributed by atoms with Gasteiger partial charge in [-0.05, 0) is 42.8 Å². The second-order valence-corrected chi connectivity index (χ2v) is 4.29. The second kappa shape index (κ2) is 5.36. The summed E-state index contributed by atoms with van der Waals surface area (Å²) in [4.78, 5) is 0. The predicted molar refractivity (Wildman–Crippen MR) is 79.0 cm³/mol. The van der Waals surface area contributed by atoms with Crippen molar-refractivity contribution in [2.75, 3.05) is 18.6 Å². The van der Waals surface area contributed by atoms with Crippen LogP contribution in [0.1, 0.15) is 16.7 Å². The highest BCUT2D eigenvalue weighted by Gasteiger charge is 1.99.